The van der Waals surface area contributed by atoms with E-state index < -0.39 is 21.8 Å². The Bertz CT molecular complexity index is 1140. The summed E-state index contributed by atoms with van der Waals surface area (Å²) < 4.78 is 66.0. The van der Waals surface area contributed by atoms with Crippen LogP contribution in [-0.2, 0) is 22.7 Å². The highest BCUT2D eigenvalue weighted by molar-refractivity contribution is 7.92. The van der Waals surface area contributed by atoms with E-state index in [0.29, 0.717) is 17.7 Å². The van der Waals surface area contributed by atoms with E-state index in [1.807, 2.05) is 6.07 Å². The number of aromatic nitrogens is 1. The summed E-state index contributed by atoms with van der Waals surface area (Å²) in [5.74, 6) is 0. The molecule has 0 spiro atoms. The Morgan fingerprint density at radius 1 is 1.00 bits per heavy atom. The molecule has 3 rings (SSSR count). The van der Waals surface area contributed by atoms with Gasteiger partial charge >= 0.3 is 6.18 Å². The molecular weight excluding hydrogens is 403 g/mol. The molecule has 0 amide bonds. The van der Waals surface area contributed by atoms with Crippen molar-refractivity contribution in [1.29, 1.82) is 5.26 Å². The maximum absolute atomic E-state index is 13.3. The zero-order valence-electron chi connectivity index (χ0n) is 14.8. The first kappa shape index (κ1) is 20.4. The number of para-hydroxylation sites is 1. The molecule has 0 bridgehead atoms. The minimum absolute atomic E-state index is 0.117. The van der Waals surface area contributed by atoms with E-state index in [2.05, 4.69) is 4.98 Å². The lowest BCUT2D eigenvalue weighted by molar-refractivity contribution is -0.137. The van der Waals surface area contributed by atoms with Crippen LogP contribution in [0.3, 0.4) is 0 Å². The van der Waals surface area contributed by atoms with Crippen LogP contribution in [0.4, 0.5) is 18.9 Å². The molecule has 0 aliphatic carbocycles. The van der Waals surface area contributed by atoms with Crippen molar-refractivity contribution in [3.63, 3.8) is 0 Å². The predicted molar refractivity (Wildman–Crippen MR) is 100 cm³/mol. The van der Waals surface area contributed by atoms with E-state index >= 15 is 0 Å². The van der Waals surface area contributed by atoms with Crippen molar-refractivity contribution in [1.82, 2.24) is 4.98 Å². The molecule has 0 aliphatic rings. The second kappa shape index (κ2) is 7.93. The van der Waals surface area contributed by atoms with Crippen LogP contribution in [0.5, 0.6) is 0 Å². The van der Waals surface area contributed by atoms with Crippen molar-refractivity contribution in [2.45, 2.75) is 17.6 Å². The Hall–Kier alpha value is -3.38. The third-order valence-corrected chi connectivity index (χ3v) is 5.89. The van der Waals surface area contributed by atoms with Gasteiger partial charge in [0.1, 0.15) is 6.07 Å². The number of halogens is 3. The second-order valence-corrected chi connectivity index (χ2v) is 7.89. The summed E-state index contributed by atoms with van der Waals surface area (Å²) in [6, 6.07) is 14.6. The highest BCUT2D eigenvalue weighted by Gasteiger charge is 2.32. The minimum atomic E-state index is -4.58. The molecule has 0 fully saturated rings. The fraction of sp³-hybridized carbons (Fsp3) is 0.100. The van der Waals surface area contributed by atoms with Crippen molar-refractivity contribution in [2.24, 2.45) is 0 Å². The lowest BCUT2D eigenvalue weighted by Gasteiger charge is -2.25. The molecular formula is C20H14F3N3O2S. The zero-order valence-corrected chi connectivity index (χ0v) is 15.7. The second-order valence-electron chi connectivity index (χ2n) is 6.02. The normalized spacial score (nSPS) is 11.7. The first-order valence-corrected chi connectivity index (χ1v) is 9.75. The van der Waals surface area contributed by atoms with Crippen LogP contribution >= 0.6 is 0 Å². The van der Waals surface area contributed by atoms with Crippen molar-refractivity contribution in [2.75, 3.05) is 4.31 Å². The summed E-state index contributed by atoms with van der Waals surface area (Å²) in [4.78, 5) is 3.64. The van der Waals surface area contributed by atoms with Crippen LogP contribution in [0.25, 0.3) is 0 Å². The maximum Gasteiger partial charge on any atom is 0.416 e. The third kappa shape index (κ3) is 4.38. The fourth-order valence-electron chi connectivity index (χ4n) is 2.69. The van der Waals surface area contributed by atoms with Gasteiger partial charge < -0.3 is 0 Å². The average molecular weight is 417 g/mol. The molecule has 5 nitrogen and oxygen atoms in total. The van der Waals surface area contributed by atoms with Gasteiger partial charge in [0.05, 0.1) is 28.3 Å². The lowest BCUT2D eigenvalue weighted by Crippen LogP contribution is -2.31. The first-order valence-electron chi connectivity index (χ1n) is 8.31. The predicted octanol–water partition coefficient (Wildman–Crippen LogP) is 4.37. The molecule has 0 radical (unpaired) electrons. The summed E-state index contributed by atoms with van der Waals surface area (Å²) in [5.41, 5.74) is -0.158. The summed E-state index contributed by atoms with van der Waals surface area (Å²) in [6.07, 6.45) is -1.57. The molecule has 0 atom stereocenters. The number of benzene rings is 2. The number of nitrogens with zero attached hydrogens (tertiary/aromatic N) is 3. The van der Waals surface area contributed by atoms with Crippen LogP contribution < -0.4 is 4.31 Å². The van der Waals surface area contributed by atoms with E-state index in [-0.39, 0.29) is 22.7 Å². The third-order valence-electron chi connectivity index (χ3n) is 4.11. The fourth-order valence-corrected chi connectivity index (χ4v) is 4.16. The smallest absolute Gasteiger partial charge is 0.264 e. The van der Waals surface area contributed by atoms with E-state index in [9.17, 15) is 26.9 Å². The van der Waals surface area contributed by atoms with Gasteiger partial charge in [0.25, 0.3) is 10.0 Å². The molecule has 2 aromatic carbocycles. The molecule has 0 aliphatic heterocycles. The Labute approximate surface area is 165 Å². The topological polar surface area (TPSA) is 74.1 Å². The first-order chi connectivity index (χ1) is 13.7. The Kier molecular flexibility index (Phi) is 5.57. The van der Waals surface area contributed by atoms with E-state index in [1.165, 1.54) is 24.5 Å². The highest BCUT2D eigenvalue weighted by Crippen LogP contribution is 2.32. The Morgan fingerprint density at radius 2 is 1.69 bits per heavy atom. The number of pyridine rings is 1. The Morgan fingerprint density at radius 3 is 2.28 bits per heavy atom. The van der Waals surface area contributed by atoms with Gasteiger partial charge in [-0.25, -0.2) is 8.42 Å². The molecule has 29 heavy (non-hydrogen) atoms. The van der Waals surface area contributed by atoms with E-state index in [4.69, 9.17) is 0 Å². The van der Waals surface area contributed by atoms with Crippen LogP contribution in [0, 0.1) is 11.3 Å². The monoisotopic (exact) mass is 417 g/mol. The lowest BCUT2D eigenvalue weighted by atomic mass is 10.2. The van der Waals surface area contributed by atoms with Crippen LogP contribution in [0.1, 0.15) is 16.7 Å². The SMILES string of the molecule is N#Cc1ccccc1N(Cc1cccnc1)S(=O)(=O)c1ccc(C(F)(F)F)cc1. The van der Waals surface area contributed by atoms with Gasteiger partial charge in [-0.1, -0.05) is 18.2 Å². The van der Waals surface area contributed by atoms with Crippen LogP contribution in [-0.4, -0.2) is 13.4 Å². The summed E-state index contributed by atoms with van der Waals surface area (Å²) in [7, 11) is -4.26. The number of hydrogen-bond donors (Lipinski definition) is 0. The molecule has 0 unspecified atom stereocenters. The number of alkyl halides is 3. The van der Waals surface area contributed by atoms with Gasteiger partial charge in [0, 0.05) is 12.4 Å². The zero-order chi connectivity index (χ0) is 21.1. The number of sulfonamides is 1. The van der Waals surface area contributed by atoms with Crippen molar-refractivity contribution in [3.8, 4) is 6.07 Å². The largest absolute Gasteiger partial charge is 0.416 e. The highest BCUT2D eigenvalue weighted by atomic mass is 32.2. The Balaban J connectivity index is 2.11. The molecule has 0 saturated heterocycles. The summed E-state index contributed by atoms with van der Waals surface area (Å²) in [6.45, 7) is -0.143. The van der Waals surface area contributed by atoms with Gasteiger partial charge in [0.2, 0.25) is 0 Å². The molecule has 148 valence electrons. The quantitative estimate of drug-likeness (QED) is 0.618. The van der Waals surface area contributed by atoms with Crippen LogP contribution in [0.15, 0.2) is 78.0 Å². The van der Waals surface area contributed by atoms with E-state index in [0.717, 1.165) is 16.4 Å². The molecule has 0 N–H and O–H groups in total. The number of rotatable bonds is 5. The standard InChI is InChI=1S/C20H14F3N3O2S/c21-20(22,23)17-7-9-18(10-8-17)29(27,28)26(14-15-4-3-11-25-13-15)19-6-2-1-5-16(19)12-24/h1-11,13H,14H2. The van der Waals surface area contributed by atoms with Crippen molar-refractivity contribution < 1.29 is 21.6 Å². The van der Waals surface area contributed by atoms with Crippen LogP contribution in [0.2, 0.25) is 0 Å². The number of anilines is 1. The van der Waals surface area contributed by atoms with Gasteiger partial charge in [-0.3, -0.25) is 9.29 Å². The van der Waals surface area contributed by atoms with Gasteiger partial charge in [0.15, 0.2) is 0 Å². The molecule has 0 saturated carbocycles. The molecule has 1 aromatic heterocycles. The summed E-state index contributed by atoms with van der Waals surface area (Å²) in [5, 5.41) is 9.39. The molecule has 9 heteroatoms. The molecule has 1 heterocycles. The van der Waals surface area contributed by atoms with Gasteiger partial charge in [-0.2, -0.15) is 18.4 Å². The average Bonchev–Trinajstić information content (AvgIpc) is 2.72. The van der Waals surface area contributed by atoms with Gasteiger partial charge in [-0.15, -0.1) is 0 Å². The van der Waals surface area contributed by atoms with Crippen molar-refractivity contribution >= 4 is 15.7 Å². The van der Waals surface area contributed by atoms with Crippen molar-refractivity contribution in [3.05, 3.63) is 89.7 Å². The van der Waals surface area contributed by atoms with Gasteiger partial charge in [-0.05, 0) is 48.0 Å². The molecule has 3 aromatic rings. The summed E-state index contributed by atoms with van der Waals surface area (Å²) >= 11 is 0. The number of hydrogen-bond acceptors (Lipinski definition) is 4. The number of nitriles is 1. The minimum Gasteiger partial charge on any atom is -0.264 e. The van der Waals surface area contributed by atoms with E-state index in [1.54, 1.807) is 24.3 Å². The maximum atomic E-state index is 13.3.